The Labute approximate surface area is 143 Å². The zero-order valence-corrected chi connectivity index (χ0v) is 13.8. The number of rotatable bonds is 5. The van der Waals surface area contributed by atoms with E-state index < -0.39 is 11.6 Å². The first kappa shape index (κ1) is 16.2. The zero-order chi connectivity index (χ0) is 17.0. The van der Waals surface area contributed by atoms with E-state index in [-0.39, 0.29) is 6.54 Å². The number of nitrogens with one attached hydrogen (secondary N) is 2. The number of carbonyl (C=O) groups is 1. The van der Waals surface area contributed by atoms with E-state index in [4.69, 9.17) is 0 Å². The Kier molecular flexibility index (Phi) is 4.59. The van der Waals surface area contributed by atoms with E-state index in [1.807, 2.05) is 16.8 Å². The van der Waals surface area contributed by atoms with Crippen molar-refractivity contribution in [3.8, 4) is 5.82 Å². The van der Waals surface area contributed by atoms with Crippen LogP contribution < -0.4 is 10.6 Å². The summed E-state index contributed by atoms with van der Waals surface area (Å²) in [6.07, 6.45) is 5.00. The fourth-order valence-corrected chi connectivity index (χ4v) is 2.88. The van der Waals surface area contributed by atoms with Crippen LogP contribution in [-0.4, -0.2) is 32.4 Å². The van der Waals surface area contributed by atoms with Gasteiger partial charge < -0.3 is 15.7 Å². The van der Waals surface area contributed by atoms with Crippen LogP contribution >= 0.6 is 11.3 Å². The number of pyridine rings is 1. The number of anilines is 1. The maximum atomic E-state index is 12.0. The fourth-order valence-electron chi connectivity index (χ4n) is 2.10. The smallest absolute Gasteiger partial charge is 0.319 e. The van der Waals surface area contributed by atoms with Crippen LogP contribution in [0.15, 0.2) is 53.6 Å². The third kappa shape index (κ3) is 3.79. The molecule has 0 aliphatic rings. The molecule has 2 amide bonds. The van der Waals surface area contributed by atoms with Crippen molar-refractivity contribution in [3.63, 3.8) is 0 Å². The first-order valence-electron chi connectivity index (χ1n) is 7.30. The minimum atomic E-state index is -1.11. The Morgan fingerprint density at radius 2 is 2.29 bits per heavy atom. The molecule has 1 atom stereocenters. The Balaban J connectivity index is 1.55. The largest absolute Gasteiger partial charge is 0.384 e. The van der Waals surface area contributed by atoms with E-state index >= 15 is 0 Å². The third-order valence-corrected chi connectivity index (χ3v) is 4.16. The van der Waals surface area contributed by atoms with Crippen LogP contribution in [0.25, 0.3) is 5.82 Å². The summed E-state index contributed by atoms with van der Waals surface area (Å²) in [6, 6.07) is 6.73. The molecular formula is C16H17N5O2S. The number of carbonyl (C=O) groups excluding carboxylic acids is 1. The summed E-state index contributed by atoms with van der Waals surface area (Å²) in [6.45, 7) is 1.77. The highest BCUT2D eigenvalue weighted by molar-refractivity contribution is 7.08. The average Bonchev–Trinajstić information content (AvgIpc) is 3.27. The molecular weight excluding hydrogens is 326 g/mol. The van der Waals surface area contributed by atoms with Gasteiger partial charge in [-0.3, -0.25) is 0 Å². The predicted octanol–water partition coefficient (Wildman–Crippen LogP) is 2.36. The maximum absolute atomic E-state index is 12.0. The first-order valence-corrected chi connectivity index (χ1v) is 8.25. The van der Waals surface area contributed by atoms with E-state index in [9.17, 15) is 9.90 Å². The second-order valence-electron chi connectivity index (χ2n) is 5.45. The molecule has 7 nitrogen and oxygen atoms in total. The van der Waals surface area contributed by atoms with Crippen LogP contribution in [0.2, 0.25) is 0 Å². The molecule has 0 aromatic carbocycles. The second-order valence-corrected chi connectivity index (χ2v) is 6.23. The lowest BCUT2D eigenvalue weighted by molar-refractivity contribution is 0.0604. The summed E-state index contributed by atoms with van der Waals surface area (Å²) in [7, 11) is 0. The van der Waals surface area contributed by atoms with Gasteiger partial charge in [0.2, 0.25) is 0 Å². The number of urea groups is 1. The molecule has 3 aromatic rings. The number of hydrogen-bond donors (Lipinski definition) is 3. The van der Waals surface area contributed by atoms with Crippen LogP contribution in [0.1, 0.15) is 12.5 Å². The molecule has 3 N–H and O–H groups in total. The summed E-state index contributed by atoms with van der Waals surface area (Å²) in [5.41, 5.74) is 0.219. The van der Waals surface area contributed by atoms with E-state index in [1.54, 1.807) is 48.4 Å². The van der Waals surface area contributed by atoms with Crippen molar-refractivity contribution in [1.82, 2.24) is 20.1 Å². The Bertz CT molecular complexity index is 783. The van der Waals surface area contributed by atoms with E-state index in [2.05, 4.69) is 20.7 Å². The van der Waals surface area contributed by atoms with Crippen molar-refractivity contribution in [2.24, 2.45) is 0 Å². The standard InChI is InChI=1S/C16H17N5O2S/c1-16(23,12-5-8-24-10-12)11-18-15(22)20-13-3-4-14(17-9-13)21-7-2-6-19-21/h2-10,23H,11H2,1H3,(H2,18,20,22). The van der Waals surface area contributed by atoms with Gasteiger partial charge in [-0.2, -0.15) is 16.4 Å². The monoisotopic (exact) mass is 343 g/mol. The lowest BCUT2D eigenvalue weighted by Crippen LogP contribution is -2.40. The number of amides is 2. The molecule has 0 bridgehead atoms. The van der Waals surface area contributed by atoms with Crippen LogP contribution in [0, 0.1) is 0 Å². The van der Waals surface area contributed by atoms with Crippen molar-refractivity contribution in [2.45, 2.75) is 12.5 Å². The molecule has 8 heteroatoms. The molecule has 0 fully saturated rings. The summed E-state index contributed by atoms with van der Waals surface area (Å²) >= 11 is 1.50. The van der Waals surface area contributed by atoms with Gasteiger partial charge in [-0.1, -0.05) is 0 Å². The molecule has 0 radical (unpaired) electrons. The first-order chi connectivity index (χ1) is 11.5. The molecule has 0 spiro atoms. The van der Waals surface area contributed by atoms with Gasteiger partial charge in [-0.15, -0.1) is 0 Å². The van der Waals surface area contributed by atoms with Crippen LogP contribution in [-0.2, 0) is 5.60 Å². The minimum Gasteiger partial charge on any atom is -0.384 e. The van der Waals surface area contributed by atoms with Crippen LogP contribution in [0.5, 0.6) is 0 Å². The molecule has 0 aliphatic carbocycles. The lowest BCUT2D eigenvalue weighted by atomic mass is 9.99. The predicted molar refractivity (Wildman–Crippen MR) is 92.3 cm³/mol. The van der Waals surface area contributed by atoms with Crippen molar-refractivity contribution in [1.29, 1.82) is 0 Å². The summed E-state index contributed by atoms with van der Waals surface area (Å²) in [5, 5.41) is 23.5. The second kappa shape index (κ2) is 6.81. The van der Waals surface area contributed by atoms with Gasteiger partial charge >= 0.3 is 6.03 Å². The van der Waals surface area contributed by atoms with Gasteiger partial charge in [0.1, 0.15) is 5.60 Å². The molecule has 1 unspecified atom stereocenters. The molecule has 0 saturated heterocycles. The Morgan fingerprint density at radius 1 is 1.42 bits per heavy atom. The number of hydrogen-bond acceptors (Lipinski definition) is 5. The highest BCUT2D eigenvalue weighted by Gasteiger charge is 2.24. The quantitative estimate of drug-likeness (QED) is 0.663. The van der Waals surface area contributed by atoms with E-state index in [0.29, 0.717) is 11.5 Å². The van der Waals surface area contributed by atoms with Gasteiger partial charge in [0.15, 0.2) is 5.82 Å². The normalized spacial score (nSPS) is 13.2. The van der Waals surface area contributed by atoms with Gasteiger partial charge in [-0.05, 0) is 47.5 Å². The lowest BCUT2D eigenvalue weighted by Gasteiger charge is -2.22. The van der Waals surface area contributed by atoms with Gasteiger partial charge in [0.25, 0.3) is 0 Å². The van der Waals surface area contributed by atoms with Gasteiger partial charge in [-0.25, -0.2) is 14.5 Å². The minimum absolute atomic E-state index is 0.106. The molecule has 0 aliphatic heterocycles. The number of thiophene rings is 1. The van der Waals surface area contributed by atoms with Crippen LogP contribution in [0.4, 0.5) is 10.5 Å². The topological polar surface area (TPSA) is 92.1 Å². The van der Waals surface area contributed by atoms with Crippen molar-refractivity contribution in [2.75, 3.05) is 11.9 Å². The summed E-state index contributed by atoms with van der Waals surface area (Å²) < 4.78 is 1.63. The number of aromatic nitrogens is 3. The van der Waals surface area contributed by atoms with Crippen molar-refractivity contribution < 1.29 is 9.90 Å². The van der Waals surface area contributed by atoms with Gasteiger partial charge in [0.05, 0.1) is 18.4 Å². The SMILES string of the molecule is CC(O)(CNC(=O)Nc1ccc(-n2cccn2)nc1)c1ccsc1. The number of aliphatic hydroxyl groups is 1. The van der Waals surface area contributed by atoms with Crippen molar-refractivity contribution >= 4 is 23.1 Å². The van der Waals surface area contributed by atoms with Crippen LogP contribution in [0.3, 0.4) is 0 Å². The number of nitrogens with zero attached hydrogens (tertiary/aromatic N) is 3. The molecule has 3 rings (SSSR count). The molecule has 0 saturated carbocycles. The molecule has 3 aromatic heterocycles. The highest BCUT2D eigenvalue weighted by Crippen LogP contribution is 2.22. The average molecular weight is 343 g/mol. The maximum Gasteiger partial charge on any atom is 0.319 e. The van der Waals surface area contributed by atoms with E-state index in [1.165, 1.54) is 11.3 Å². The Hall–Kier alpha value is -2.71. The summed E-state index contributed by atoms with van der Waals surface area (Å²) in [5.74, 6) is 0.659. The van der Waals surface area contributed by atoms with Gasteiger partial charge in [0, 0.05) is 12.4 Å². The molecule has 124 valence electrons. The van der Waals surface area contributed by atoms with E-state index in [0.717, 1.165) is 5.56 Å². The fraction of sp³-hybridized carbons (Fsp3) is 0.188. The van der Waals surface area contributed by atoms with Crippen molar-refractivity contribution in [3.05, 3.63) is 59.2 Å². The molecule has 24 heavy (non-hydrogen) atoms. The highest BCUT2D eigenvalue weighted by atomic mass is 32.1. The Morgan fingerprint density at radius 3 is 2.92 bits per heavy atom. The third-order valence-electron chi connectivity index (χ3n) is 3.48. The zero-order valence-electron chi connectivity index (χ0n) is 13.0. The summed E-state index contributed by atoms with van der Waals surface area (Å²) in [4.78, 5) is 16.2. The molecule has 3 heterocycles.